The van der Waals surface area contributed by atoms with Gasteiger partial charge < -0.3 is 20.4 Å². The number of nitrogens with one attached hydrogen (secondary N) is 4. The molecule has 67 heavy (non-hydrogen) atoms. The first-order chi connectivity index (χ1) is 31.7. The van der Waals surface area contributed by atoms with E-state index in [2.05, 4.69) is 42.0 Å². The van der Waals surface area contributed by atoms with E-state index in [0.717, 1.165) is 16.7 Å². The molecule has 2 saturated heterocycles. The minimum absolute atomic E-state index is 0.0548. The number of nitrogens with zero attached hydrogens (tertiary/aromatic N) is 2. The van der Waals surface area contributed by atoms with Crippen LogP contribution in [0.2, 0.25) is 0 Å². The second-order valence-electron chi connectivity index (χ2n) is 18.1. The summed E-state index contributed by atoms with van der Waals surface area (Å²) in [5.41, 5.74) is 7.34. The lowest BCUT2D eigenvalue weighted by atomic mass is 9.83. The Balaban J connectivity index is 0.000000201. The number of imide groups is 2. The highest BCUT2D eigenvalue weighted by Gasteiger charge is 2.41. The van der Waals surface area contributed by atoms with Crippen molar-refractivity contribution in [3.8, 4) is 0 Å². The number of ketones is 2. The monoisotopic (exact) mass is 904 g/mol. The van der Waals surface area contributed by atoms with Crippen LogP contribution in [0.25, 0.3) is 0 Å². The van der Waals surface area contributed by atoms with E-state index in [1.807, 2.05) is 26.0 Å². The van der Waals surface area contributed by atoms with Gasteiger partial charge in [0, 0.05) is 61.3 Å². The Morgan fingerprint density at radius 3 is 1.49 bits per heavy atom. The summed E-state index contributed by atoms with van der Waals surface area (Å²) in [6.45, 7) is 10.5. The first-order valence-corrected chi connectivity index (χ1v) is 21.9. The number of hydrogen-bond donors (Lipinski definition) is 4. The summed E-state index contributed by atoms with van der Waals surface area (Å²) in [5.74, 6) is -5.00. The molecule has 0 aliphatic carbocycles. The van der Waals surface area contributed by atoms with E-state index in [4.69, 9.17) is 7.85 Å². The van der Waals surface area contributed by atoms with E-state index in [0.29, 0.717) is 44.4 Å². The summed E-state index contributed by atoms with van der Waals surface area (Å²) in [7, 11) is 5.60. The van der Waals surface area contributed by atoms with Crippen LogP contribution in [-0.2, 0) is 60.4 Å². The molecule has 4 aromatic carbocycles. The van der Waals surface area contributed by atoms with Gasteiger partial charge in [0.15, 0.2) is 0 Å². The Hall–Kier alpha value is -7.56. The number of Topliss-reactive ketones (excluding diaryl/α,β-unsaturated/α-hetero) is 2. The van der Waals surface area contributed by atoms with Crippen LogP contribution in [0.5, 0.6) is 0 Å². The quantitative estimate of drug-likeness (QED) is 0.0788. The number of fused-ring (bicyclic) bond motifs is 2. The summed E-state index contributed by atoms with van der Waals surface area (Å²) < 4.78 is 0. The fourth-order valence-electron chi connectivity index (χ4n) is 8.78. The van der Waals surface area contributed by atoms with Gasteiger partial charge in [-0.15, -0.1) is 0 Å². The number of rotatable bonds is 10. The van der Waals surface area contributed by atoms with Crippen LogP contribution < -0.4 is 26.7 Å². The van der Waals surface area contributed by atoms with Gasteiger partial charge in [-0.05, 0) is 83.2 Å². The van der Waals surface area contributed by atoms with Crippen LogP contribution >= 0.6 is 0 Å². The first kappa shape index (κ1) is 47.4. The van der Waals surface area contributed by atoms with E-state index in [9.17, 15) is 47.9 Å². The van der Waals surface area contributed by atoms with Gasteiger partial charge in [-0.1, -0.05) is 86.9 Å². The second-order valence-corrected chi connectivity index (χ2v) is 18.1. The average Bonchev–Trinajstić information content (AvgIpc) is 3.80. The molecule has 2 atom stereocenters. The molecule has 8 rings (SSSR count). The zero-order chi connectivity index (χ0) is 48.5. The molecule has 16 nitrogen and oxygen atoms in total. The molecule has 0 aromatic heterocycles. The highest BCUT2D eigenvalue weighted by molar-refractivity contribution is 6.44. The second kappa shape index (κ2) is 19.1. The highest BCUT2D eigenvalue weighted by Crippen LogP contribution is 2.32. The smallest absolute Gasteiger partial charge is 0.292 e. The minimum Gasteiger partial charge on any atom is -0.345 e. The Kier molecular flexibility index (Phi) is 13.5. The SMILES string of the molecule is Cc1cc(C(C)(C)C)cc(C)c1C(=O)C(=O)NCc1cccc2c1CN(C1CCC(=O)NC1=O)C2=O.[B]c1ccc(C(=O)C(=O)NCc2cccc3c2CN(C2CCC(=O)NC2=O)C3=O)cc1. The summed E-state index contributed by atoms with van der Waals surface area (Å²) in [6, 6.07) is 18.8. The van der Waals surface area contributed by atoms with Crippen molar-refractivity contribution in [2.24, 2.45) is 0 Å². The van der Waals surface area contributed by atoms with Crippen LogP contribution in [0.3, 0.4) is 0 Å². The first-order valence-electron chi connectivity index (χ1n) is 21.9. The molecular weight excluding hydrogens is 855 g/mol. The molecule has 0 spiro atoms. The van der Waals surface area contributed by atoms with E-state index >= 15 is 0 Å². The Bertz CT molecular complexity index is 2770. The third-order valence-corrected chi connectivity index (χ3v) is 12.4. The molecule has 2 radical (unpaired) electrons. The molecule has 342 valence electrons. The van der Waals surface area contributed by atoms with Gasteiger partial charge in [0.05, 0.1) is 0 Å². The van der Waals surface area contributed by atoms with Crippen molar-refractivity contribution in [1.29, 1.82) is 0 Å². The number of amides is 8. The third-order valence-electron chi connectivity index (χ3n) is 12.4. The van der Waals surface area contributed by atoms with E-state index in [1.54, 1.807) is 48.5 Å². The number of piperidine rings is 2. The predicted molar refractivity (Wildman–Crippen MR) is 244 cm³/mol. The highest BCUT2D eigenvalue weighted by atomic mass is 16.2. The zero-order valence-electron chi connectivity index (χ0n) is 37.8. The number of aryl methyl sites for hydroxylation is 2. The van der Waals surface area contributed by atoms with Crippen molar-refractivity contribution in [2.45, 2.75) is 104 Å². The normalized spacial score (nSPS) is 17.7. The van der Waals surface area contributed by atoms with Gasteiger partial charge in [0.25, 0.3) is 29.4 Å². The van der Waals surface area contributed by atoms with E-state index < -0.39 is 47.3 Å². The Labute approximate surface area is 388 Å². The molecule has 4 aromatic rings. The van der Waals surface area contributed by atoms with Gasteiger partial charge >= 0.3 is 0 Å². The molecule has 4 aliphatic rings. The van der Waals surface area contributed by atoms with Crippen molar-refractivity contribution >= 4 is 72.1 Å². The standard InChI is InChI=1S/C28H31N3O5.C22H18BN3O5/c1-15-11-18(28(3,4)5)12-16(2)23(15)24(33)26(35)29-13-17-7-6-8-19-20(17)14-31(27(19)36)21-9-10-22(32)30-25(21)34;23-14-6-4-12(5-7-14)19(28)21(30)24-10-13-2-1-3-15-16(13)11-26(22(15)31)17-8-9-18(27)25-20(17)29/h6-8,11-12,21H,9-10,13-14H2,1-5H3,(H,29,35)(H,30,32,34);1-7,17H,8-11H2,(H,24,30)(H,25,27,29). The van der Waals surface area contributed by atoms with Gasteiger partial charge in [-0.2, -0.15) is 0 Å². The lowest BCUT2D eigenvalue weighted by Crippen LogP contribution is -2.52. The lowest BCUT2D eigenvalue weighted by molar-refractivity contribution is -0.138. The summed E-state index contributed by atoms with van der Waals surface area (Å²) >= 11 is 0. The third kappa shape index (κ3) is 10.0. The maximum absolute atomic E-state index is 13.0. The number of carbonyl (C=O) groups excluding carboxylic acids is 10. The predicted octanol–water partition coefficient (Wildman–Crippen LogP) is 2.60. The van der Waals surface area contributed by atoms with Crippen LogP contribution in [-0.4, -0.2) is 88.6 Å². The van der Waals surface area contributed by atoms with Gasteiger partial charge in [0.1, 0.15) is 19.9 Å². The van der Waals surface area contributed by atoms with E-state index in [-0.39, 0.29) is 86.5 Å². The zero-order valence-corrected chi connectivity index (χ0v) is 37.8. The molecule has 8 amide bonds. The Morgan fingerprint density at radius 1 is 0.642 bits per heavy atom. The largest absolute Gasteiger partial charge is 0.345 e. The topological polar surface area (TPSA) is 225 Å². The average molecular weight is 905 g/mol. The molecule has 4 aliphatic heterocycles. The maximum Gasteiger partial charge on any atom is 0.292 e. The van der Waals surface area contributed by atoms with Gasteiger partial charge in [0.2, 0.25) is 29.4 Å². The van der Waals surface area contributed by atoms with Crippen LogP contribution in [0.15, 0.2) is 72.8 Å². The maximum atomic E-state index is 13.0. The molecule has 2 fully saturated rings. The Morgan fingerprint density at radius 2 is 1.07 bits per heavy atom. The van der Waals surface area contributed by atoms with Gasteiger partial charge in [-0.25, -0.2) is 0 Å². The van der Waals surface area contributed by atoms with Crippen molar-refractivity contribution in [3.05, 3.63) is 134 Å². The molecule has 4 N–H and O–H groups in total. The fourth-order valence-corrected chi connectivity index (χ4v) is 8.78. The molecule has 0 saturated carbocycles. The van der Waals surface area contributed by atoms with Gasteiger partial charge in [-0.3, -0.25) is 58.6 Å². The summed E-state index contributed by atoms with van der Waals surface area (Å²) in [4.78, 5) is 127. The number of benzene rings is 4. The lowest BCUT2D eigenvalue weighted by Gasteiger charge is -2.29. The van der Waals surface area contributed by atoms with Crippen molar-refractivity contribution < 1.29 is 47.9 Å². The molecular formula is C50H49BN6O10. The van der Waals surface area contributed by atoms with Crippen LogP contribution in [0.4, 0.5) is 0 Å². The van der Waals surface area contributed by atoms with Crippen LogP contribution in [0, 0.1) is 13.8 Å². The minimum atomic E-state index is -0.770. The van der Waals surface area contributed by atoms with Crippen molar-refractivity contribution in [3.63, 3.8) is 0 Å². The molecule has 17 heteroatoms. The fraction of sp³-hybridized carbons (Fsp3) is 0.320. The molecule has 2 unspecified atom stereocenters. The van der Waals surface area contributed by atoms with E-state index in [1.165, 1.54) is 21.9 Å². The summed E-state index contributed by atoms with van der Waals surface area (Å²) in [5, 5.41) is 9.86. The number of carbonyl (C=O) groups is 10. The summed E-state index contributed by atoms with van der Waals surface area (Å²) in [6.07, 6.45) is 0.897. The van der Waals surface area contributed by atoms with Crippen molar-refractivity contribution in [1.82, 2.24) is 31.1 Å². The van der Waals surface area contributed by atoms with Crippen LogP contribution in [0.1, 0.15) is 127 Å². The van der Waals surface area contributed by atoms with Crippen molar-refractivity contribution in [2.75, 3.05) is 0 Å². The molecule has 4 heterocycles. The number of hydrogen-bond acceptors (Lipinski definition) is 10. The molecule has 0 bridgehead atoms.